The monoisotopic (exact) mass is 234 g/mol. The van der Waals surface area contributed by atoms with Crippen LogP contribution in [-0.2, 0) is 14.9 Å². The molecule has 2 aliphatic heterocycles. The molecule has 2 aliphatic rings. The molecular weight excluding hydrogens is 216 g/mol. The first-order valence-electron chi connectivity index (χ1n) is 5.13. The normalized spacial score (nSPS) is 36.5. The molecule has 5 nitrogen and oxygen atoms in total. The van der Waals surface area contributed by atoms with E-state index in [1.807, 2.05) is 0 Å². The molecular formula is C9H18N2O3S. The number of sulfonamides is 1. The maximum absolute atomic E-state index is 11.5. The molecule has 0 saturated carbocycles. The Balaban J connectivity index is 2.23. The topological polar surface area (TPSA) is 58.6 Å². The molecule has 6 heteroatoms. The van der Waals surface area contributed by atoms with Crippen molar-refractivity contribution in [3.05, 3.63) is 0 Å². The number of piperidine rings is 1. The highest BCUT2D eigenvalue weighted by atomic mass is 32.2. The van der Waals surface area contributed by atoms with Gasteiger partial charge in [-0.15, -0.1) is 0 Å². The Morgan fingerprint density at radius 3 is 2.73 bits per heavy atom. The van der Waals surface area contributed by atoms with E-state index in [0.717, 1.165) is 0 Å². The molecule has 0 bridgehead atoms. The molecule has 0 spiro atoms. The number of nitrogens with one attached hydrogen (secondary N) is 1. The van der Waals surface area contributed by atoms with E-state index >= 15 is 0 Å². The molecule has 0 radical (unpaired) electrons. The van der Waals surface area contributed by atoms with Crippen molar-refractivity contribution in [1.82, 2.24) is 9.79 Å². The second-order valence-corrected chi connectivity index (χ2v) is 7.19. The molecule has 88 valence electrons. The highest BCUT2D eigenvalue weighted by Gasteiger charge is 2.47. The minimum atomic E-state index is -3.09. The van der Waals surface area contributed by atoms with E-state index in [1.165, 1.54) is 6.26 Å². The summed E-state index contributed by atoms with van der Waals surface area (Å²) in [5.41, 5.74) is 2.92. The Labute approximate surface area is 90.8 Å². The molecule has 15 heavy (non-hydrogen) atoms. The largest absolute Gasteiger partial charge is 0.301 e. The average Bonchev–Trinajstić information content (AvgIpc) is 2.49. The third-order valence-electron chi connectivity index (χ3n) is 3.31. The maximum Gasteiger partial charge on any atom is 0.211 e. The highest BCUT2D eigenvalue weighted by Crippen LogP contribution is 2.36. The third kappa shape index (κ3) is 2.04. The van der Waals surface area contributed by atoms with Crippen LogP contribution in [0.5, 0.6) is 0 Å². The summed E-state index contributed by atoms with van der Waals surface area (Å²) in [6, 6.07) is 0.260. The highest BCUT2D eigenvalue weighted by molar-refractivity contribution is 7.88. The number of hydroxylamine groups is 1. The van der Waals surface area contributed by atoms with Crippen molar-refractivity contribution in [2.24, 2.45) is 11.3 Å². The summed E-state index contributed by atoms with van der Waals surface area (Å²) >= 11 is 0. The van der Waals surface area contributed by atoms with E-state index in [2.05, 4.69) is 19.3 Å². The van der Waals surface area contributed by atoms with Crippen molar-refractivity contribution < 1.29 is 13.3 Å². The van der Waals surface area contributed by atoms with Gasteiger partial charge in [0.05, 0.1) is 12.9 Å². The lowest BCUT2D eigenvalue weighted by Crippen LogP contribution is -2.57. The first kappa shape index (κ1) is 11.3. The number of hydrogen-bond donors (Lipinski definition) is 1. The molecule has 2 heterocycles. The fourth-order valence-electron chi connectivity index (χ4n) is 2.52. The lowest BCUT2D eigenvalue weighted by molar-refractivity contribution is 0.0533. The molecule has 2 atom stereocenters. The zero-order valence-corrected chi connectivity index (χ0v) is 10.2. The van der Waals surface area contributed by atoms with Gasteiger partial charge < -0.3 is 4.84 Å². The standard InChI is InChI=1S/C9H18N2O3S/c1-9(2)6-11(15(3,12)13)4-7-5-14-10-8(7)9/h7-8,10H,4-6H2,1-3H3/t7-,8+/m0/s1. The number of fused-ring (bicyclic) bond motifs is 1. The molecule has 0 aromatic rings. The summed E-state index contributed by atoms with van der Waals surface area (Å²) in [5.74, 6) is 0.267. The van der Waals surface area contributed by atoms with Gasteiger partial charge in [0.2, 0.25) is 10.0 Å². The van der Waals surface area contributed by atoms with Crippen LogP contribution in [-0.4, -0.2) is 44.7 Å². The summed E-state index contributed by atoms with van der Waals surface area (Å²) in [5, 5.41) is 0. The van der Waals surface area contributed by atoms with Gasteiger partial charge in [-0.3, -0.25) is 0 Å². The van der Waals surface area contributed by atoms with Crippen LogP contribution in [0.2, 0.25) is 0 Å². The van der Waals surface area contributed by atoms with Crippen LogP contribution in [0.15, 0.2) is 0 Å². The second-order valence-electron chi connectivity index (χ2n) is 5.21. The minimum absolute atomic E-state index is 0.0809. The van der Waals surface area contributed by atoms with E-state index in [4.69, 9.17) is 4.84 Å². The maximum atomic E-state index is 11.5. The van der Waals surface area contributed by atoms with E-state index < -0.39 is 10.0 Å². The zero-order chi connectivity index (χ0) is 11.3. The van der Waals surface area contributed by atoms with Gasteiger partial charge in [0, 0.05) is 25.0 Å². The molecule has 2 saturated heterocycles. The van der Waals surface area contributed by atoms with Gasteiger partial charge in [-0.05, 0) is 5.41 Å². The summed E-state index contributed by atoms with van der Waals surface area (Å²) in [6.07, 6.45) is 1.27. The SMILES string of the molecule is CC1(C)CN(S(C)(=O)=O)C[C@H]2CON[C@H]21. The second kappa shape index (κ2) is 3.41. The fourth-order valence-corrected chi connectivity index (χ4v) is 3.55. The minimum Gasteiger partial charge on any atom is -0.301 e. The number of nitrogens with zero attached hydrogens (tertiary/aromatic N) is 1. The molecule has 2 fully saturated rings. The average molecular weight is 234 g/mol. The lowest BCUT2D eigenvalue weighted by atomic mass is 9.75. The number of rotatable bonds is 1. The van der Waals surface area contributed by atoms with E-state index in [0.29, 0.717) is 19.7 Å². The van der Waals surface area contributed by atoms with Gasteiger partial charge in [0.1, 0.15) is 0 Å². The van der Waals surface area contributed by atoms with E-state index in [9.17, 15) is 8.42 Å². The Bertz CT molecular complexity index is 352. The summed E-state index contributed by atoms with van der Waals surface area (Å²) in [6.45, 7) is 5.87. The zero-order valence-electron chi connectivity index (χ0n) is 9.36. The Hall–Kier alpha value is -0.170. The van der Waals surface area contributed by atoms with Crippen LogP contribution < -0.4 is 5.48 Å². The van der Waals surface area contributed by atoms with E-state index in [1.54, 1.807) is 4.31 Å². The summed E-state index contributed by atoms with van der Waals surface area (Å²) in [7, 11) is -3.09. The van der Waals surface area contributed by atoms with Crippen LogP contribution in [0.25, 0.3) is 0 Å². The van der Waals surface area contributed by atoms with Gasteiger partial charge in [-0.25, -0.2) is 12.7 Å². The fraction of sp³-hybridized carbons (Fsp3) is 1.00. The Morgan fingerprint density at radius 2 is 2.13 bits per heavy atom. The van der Waals surface area contributed by atoms with Crippen LogP contribution in [0, 0.1) is 11.3 Å². The van der Waals surface area contributed by atoms with Crippen molar-refractivity contribution in [3.63, 3.8) is 0 Å². The van der Waals surface area contributed by atoms with Crippen LogP contribution in [0.4, 0.5) is 0 Å². The smallest absolute Gasteiger partial charge is 0.211 e. The molecule has 0 amide bonds. The Morgan fingerprint density at radius 1 is 1.47 bits per heavy atom. The van der Waals surface area contributed by atoms with Gasteiger partial charge in [-0.2, -0.15) is 5.48 Å². The first-order valence-corrected chi connectivity index (χ1v) is 6.98. The first-order chi connectivity index (χ1) is 6.81. The van der Waals surface area contributed by atoms with Gasteiger partial charge in [0.15, 0.2) is 0 Å². The predicted molar refractivity (Wildman–Crippen MR) is 56.6 cm³/mol. The van der Waals surface area contributed by atoms with Gasteiger partial charge in [0.25, 0.3) is 0 Å². The summed E-state index contributed by atoms with van der Waals surface area (Å²) in [4.78, 5) is 5.22. The van der Waals surface area contributed by atoms with Crippen LogP contribution in [0.3, 0.4) is 0 Å². The molecule has 0 aromatic carbocycles. The van der Waals surface area contributed by atoms with Crippen molar-refractivity contribution in [2.75, 3.05) is 26.0 Å². The molecule has 0 aromatic heterocycles. The molecule has 0 unspecified atom stereocenters. The van der Waals surface area contributed by atoms with Crippen molar-refractivity contribution in [1.29, 1.82) is 0 Å². The Kier molecular flexibility index (Phi) is 2.57. The van der Waals surface area contributed by atoms with E-state index in [-0.39, 0.29) is 17.4 Å². The molecule has 0 aliphatic carbocycles. The van der Waals surface area contributed by atoms with Gasteiger partial charge >= 0.3 is 0 Å². The molecule has 1 N–H and O–H groups in total. The quantitative estimate of drug-likeness (QED) is 0.683. The van der Waals surface area contributed by atoms with Crippen LogP contribution >= 0.6 is 0 Å². The van der Waals surface area contributed by atoms with Crippen LogP contribution in [0.1, 0.15) is 13.8 Å². The number of hydrogen-bond acceptors (Lipinski definition) is 4. The van der Waals surface area contributed by atoms with Gasteiger partial charge in [-0.1, -0.05) is 13.8 Å². The third-order valence-corrected chi connectivity index (χ3v) is 4.53. The summed E-state index contributed by atoms with van der Waals surface area (Å²) < 4.78 is 24.6. The molecule has 2 rings (SSSR count). The lowest BCUT2D eigenvalue weighted by Gasteiger charge is -2.43. The van der Waals surface area contributed by atoms with Crippen molar-refractivity contribution in [2.45, 2.75) is 19.9 Å². The van der Waals surface area contributed by atoms with Crippen molar-refractivity contribution in [3.8, 4) is 0 Å². The van der Waals surface area contributed by atoms with Crippen molar-refractivity contribution >= 4 is 10.0 Å². The predicted octanol–water partition coefficient (Wildman–Crippen LogP) is -0.193.